The summed E-state index contributed by atoms with van der Waals surface area (Å²) in [5, 5.41) is 9.61. The van der Waals surface area contributed by atoms with Gasteiger partial charge in [-0.05, 0) is 76.4 Å². The van der Waals surface area contributed by atoms with Crippen molar-refractivity contribution in [1.82, 2.24) is 5.32 Å². The summed E-state index contributed by atoms with van der Waals surface area (Å²) in [6.07, 6.45) is 0.742. The quantitative estimate of drug-likeness (QED) is 0.320. The molecule has 0 spiro atoms. The standard InChI is InChI=1S/C23H23BrCl2N2O4S/c1-31-22-11-16(13-28-9-8-15-2-6-19(7-3-15)33(27,29)30)10-20(24)23(22)32-14-17-4-5-18(25)12-21(17)26/h2-7,10-12,28H,8-9,13-14H2,1H3,(H2,27,29,30). The predicted molar refractivity (Wildman–Crippen MR) is 135 cm³/mol. The number of primary sulfonamides is 1. The Kier molecular flexibility index (Phi) is 9.03. The monoisotopic (exact) mass is 572 g/mol. The van der Waals surface area contributed by atoms with Crippen LogP contribution in [0.3, 0.4) is 0 Å². The summed E-state index contributed by atoms with van der Waals surface area (Å²) in [6.45, 7) is 1.60. The van der Waals surface area contributed by atoms with Gasteiger partial charge in [-0.2, -0.15) is 0 Å². The van der Waals surface area contributed by atoms with Crippen LogP contribution in [-0.2, 0) is 29.6 Å². The van der Waals surface area contributed by atoms with E-state index < -0.39 is 10.0 Å². The van der Waals surface area contributed by atoms with Crippen LogP contribution in [0, 0.1) is 0 Å². The van der Waals surface area contributed by atoms with Gasteiger partial charge >= 0.3 is 0 Å². The van der Waals surface area contributed by atoms with E-state index in [0.717, 1.165) is 27.6 Å². The van der Waals surface area contributed by atoms with Crippen LogP contribution in [0.1, 0.15) is 16.7 Å². The molecule has 33 heavy (non-hydrogen) atoms. The Balaban J connectivity index is 1.57. The molecule has 0 aromatic heterocycles. The zero-order valence-corrected chi connectivity index (χ0v) is 21.7. The van der Waals surface area contributed by atoms with Crippen molar-refractivity contribution < 1.29 is 17.9 Å². The number of ether oxygens (including phenoxy) is 2. The third-order valence-electron chi connectivity index (χ3n) is 4.85. The summed E-state index contributed by atoms with van der Waals surface area (Å²) in [7, 11) is -2.08. The fourth-order valence-electron chi connectivity index (χ4n) is 3.12. The van der Waals surface area contributed by atoms with Crippen LogP contribution in [-0.4, -0.2) is 22.1 Å². The zero-order chi connectivity index (χ0) is 24.0. The number of halogens is 3. The van der Waals surface area contributed by atoms with Gasteiger partial charge in [-0.15, -0.1) is 0 Å². The number of methoxy groups -OCH3 is 1. The van der Waals surface area contributed by atoms with E-state index in [-0.39, 0.29) is 11.5 Å². The van der Waals surface area contributed by atoms with Gasteiger partial charge in [0.05, 0.1) is 16.5 Å². The molecule has 0 aliphatic heterocycles. The molecule has 0 unspecified atom stereocenters. The first-order valence-electron chi connectivity index (χ1n) is 9.93. The largest absolute Gasteiger partial charge is 0.493 e. The average molecular weight is 574 g/mol. The fourth-order valence-corrected chi connectivity index (χ4v) is 4.70. The molecule has 3 N–H and O–H groups in total. The van der Waals surface area contributed by atoms with E-state index in [4.69, 9.17) is 37.8 Å². The van der Waals surface area contributed by atoms with Crippen LogP contribution in [0.15, 0.2) is 64.0 Å². The van der Waals surface area contributed by atoms with Crippen LogP contribution >= 0.6 is 39.1 Å². The maximum Gasteiger partial charge on any atom is 0.238 e. The molecule has 6 nitrogen and oxygen atoms in total. The molecule has 0 radical (unpaired) electrons. The molecule has 0 fully saturated rings. The normalized spacial score (nSPS) is 11.4. The predicted octanol–water partition coefficient (Wildman–Crippen LogP) is 5.32. The number of rotatable bonds is 10. The maximum atomic E-state index is 11.3. The first kappa shape index (κ1) is 25.8. The molecular weight excluding hydrogens is 551 g/mol. The van der Waals surface area contributed by atoms with E-state index in [9.17, 15) is 8.42 Å². The Labute approximate surface area is 212 Å². The number of hydrogen-bond donors (Lipinski definition) is 2. The van der Waals surface area contributed by atoms with Crippen molar-refractivity contribution in [2.45, 2.75) is 24.5 Å². The molecule has 0 amide bonds. The summed E-state index contributed by atoms with van der Waals surface area (Å²) >= 11 is 15.7. The summed E-state index contributed by atoms with van der Waals surface area (Å²) in [5.74, 6) is 1.19. The molecule has 0 saturated heterocycles. The smallest absolute Gasteiger partial charge is 0.238 e. The van der Waals surface area contributed by atoms with Crippen LogP contribution < -0.4 is 19.9 Å². The van der Waals surface area contributed by atoms with Gasteiger partial charge in [0.25, 0.3) is 0 Å². The number of sulfonamides is 1. The topological polar surface area (TPSA) is 90.6 Å². The summed E-state index contributed by atoms with van der Waals surface area (Å²) in [5.41, 5.74) is 2.84. The van der Waals surface area contributed by atoms with Gasteiger partial charge in [-0.1, -0.05) is 41.4 Å². The second kappa shape index (κ2) is 11.6. The van der Waals surface area contributed by atoms with E-state index in [1.165, 1.54) is 12.1 Å². The van der Waals surface area contributed by atoms with Gasteiger partial charge < -0.3 is 14.8 Å². The molecule has 3 aromatic carbocycles. The Morgan fingerprint density at radius 3 is 2.39 bits per heavy atom. The molecule has 3 rings (SSSR count). The molecule has 0 atom stereocenters. The van der Waals surface area contributed by atoms with E-state index in [1.54, 1.807) is 31.4 Å². The minimum Gasteiger partial charge on any atom is -0.493 e. The van der Waals surface area contributed by atoms with Gasteiger partial charge in [0, 0.05) is 22.2 Å². The molecule has 176 valence electrons. The molecule has 0 saturated carbocycles. The first-order valence-corrected chi connectivity index (χ1v) is 13.0. The highest BCUT2D eigenvalue weighted by Crippen LogP contribution is 2.37. The second-order valence-electron chi connectivity index (χ2n) is 7.25. The zero-order valence-electron chi connectivity index (χ0n) is 17.8. The van der Waals surface area contributed by atoms with E-state index in [0.29, 0.717) is 34.6 Å². The van der Waals surface area contributed by atoms with Gasteiger partial charge in [-0.25, -0.2) is 13.6 Å². The SMILES string of the molecule is COc1cc(CNCCc2ccc(S(N)(=O)=O)cc2)cc(Br)c1OCc1ccc(Cl)cc1Cl. The molecule has 0 heterocycles. The van der Waals surface area contributed by atoms with Gasteiger partial charge in [0.2, 0.25) is 10.0 Å². The van der Waals surface area contributed by atoms with E-state index >= 15 is 0 Å². The lowest BCUT2D eigenvalue weighted by Crippen LogP contribution is -2.17. The first-order chi connectivity index (χ1) is 15.7. The van der Waals surface area contributed by atoms with Crippen LogP contribution in [0.25, 0.3) is 0 Å². The highest BCUT2D eigenvalue weighted by Gasteiger charge is 2.13. The summed E-state index contributed by atoms with van der Waals surface area (Å²) in [6, 6.07) is 15.7. The second-order valence-corrected chi connectivity index (χ2v) is 10.5. The average Bonchev–Trinajstić information content (AvgIpc) is 2.76. The highest BCUT2D eigenvalue weighted by atomic mass is 79.9. The number of nitrogens with one attached hydrogen (secondary N) is 1. The fraction of sp³-hybridized carbons (Fsp3) is 0.217. The Morgan fingerprint density at radius 2 is 1.76 bits per heavy atom. The van der Waals surface area contributed by atoms with Crippen LogP contribution in [0.5, 0.6) is 11.5 Å². The summed E-state index contributed by atoms with van der Waals surface area (Å²) < 4.78 is 34.9. The Hall–Kier alpha value is -1.81. The lowest BCUT2D eigenvalue weighted by Gasteiger charge is -2.15. The van der Waals surface area contributed by atoms with E-state index in [2.05, 4.69) is 21.2 Å². The minimum absolute atomic E-state index is 0.108. The minimum atomic E-state index is -3.67. The third-order valence-corrected chi connectivity index (χ3v) is 6.95. The van der Waals surface area contributed by atoms with Gasteiger partial charge in [-0.3, -0.25) is 0 Å². The lowest BCUT2D eigenvalue weighted by molar-refractivity contribution is 0.282. The Bertz CT molecular complexity index is 1220. The number of hydrogen-bond acceptors (Lipinski definition) is 5. The number of benzene rings is 3. The molecule has 3 aromatic rings. The van der Waals surface area contributed by atoms with Crippen molar-refractivity contribution in [2.24, 2.45) is 5.14 Å². The molecule has 0 aliphatic rings. The van der Waals surface area contributed by atoms with Gasteiger partial charge in [0.1, 0.15) is 6.61 Å². The number of nitrogens with two attached hydrogens (primary N) is 1. The van der Waals surface area contributed by atoms with Crippen molar-refractivity contribution in [3.8, 4) is 11.5 Å². The molecule has 0 aliphatic carbocycles. The molecule has 0 bridgehead atoms. The van der Waals surface area contributed by atoms with Crippen molar-refractivity contribution in [1.29, 1.82) is 0 Å². The maximum absolute atomic E-state index is 11.3. The Morgan fingerprint density at radius 1 is 1.03 bits per heavy atom. The third kappa shape index (κ3) is 7.34. The van der Waals surface area contributed by atoms with Crippen molar-refractivity contribution in [3.05, 3.63) is 85.8 Å². The van der Waals surface area contributed by atoms with Crippen molar-refractivity contribution in [2.75, 3.05) is 13.7 Å². The van der Waals surface area contributed by atoms with Gasteiger partial charge in [0.15, 0.2) is 11.5 Å². The van der Waals surface area contributed by atoms with Crippen LogP contribution in [0.4, 0.5) is 0 Å². The van der Waals surface area contributed by atoms with E-state index in [1.807, 2.05) is 18.2 Å². The van der Waals surface area contributed by atoms with Crippen molar-refractivity contribution >= 4 is 49.2 Å². The lowest BCUT2D eigenvalue weighted by atomic mass is 10.1. The molecule has 10 heteroatoms. The highest BCUT2D eigenvalue weighted by molar-refractivity contribution is 9.10. The molecular formula is C23H23BrCl2N2O4S. The summed E-state index contributed by atoms with van der Waals surface area (Å²) in [4.78, 5) is 0.108. The van der Waals surface area contributed by atoms with Crippen molar-refractivity contribution in [3.63, 3.8) is 0 Å². The van der Waals surface area contributed by atoms with Crippen LogP contribution in [0.2, 0.25) is 10.0 Å².